The largest absolute Gasteiger partial charge is 0.451 e. The number of piperidine rings is 1. The maximum absolute atomic E-state index is 13.6. The van der Waals surface area contributed by atoms with Crippen molar-refractivity contribution in [3.63, 3.8) is 0 Å². The Bertz CT molecular complexity index is 1070. The average Bonchev–Trinajstić information content (AvgIpc) is 3.34. The van der Waals surface area contributed by atoms with E-state index < -0.39 is 18.0 Å². The van der Waals surface area contributed by atoms with Crippen molar-refractivity contribution in [2.75, 3.05) is 36.0 Å². The molecule has 0 bridgehead atoms. The maximum Gasteiger partial charge on any atom is 0.451 e. The van der Waals surface area contributed by atoms with E-state index in [2.05, 4.69) is 28.3 Å². The molecule has 0 aliphatic carbocycles. The Labute approximate surface area is 203 Å². The fourth-order valence-corrected chi connectivity index (χ4v) is 4.60. The second kappa shape index (κ2) is 10.5. The van der Waals surface area contributed by atoms with Crippen LogP contribution in [0.2, 0.25) is 0 Å². The minimum absolute atomic E-state index is 0.144. The summed E-state index contributed by atoms with van der Waals surface area (Å²) in [7, 11) is 0. The predicted molar refractivity (Wildman–Crippen MR) is 126 cm³/mol. The third-order valence-corrected chi connectivity index (χ3v) is 6.71. The quantitative estimate of drug-likeness (QED) is 0.666. The molecule has 0 radical (unpaired) electrons. The van der Waals surface area contributed by atoms with Crippen LogP contribution in [0.4, 0.5) is 24.8 Å². The summed E-state index contributed by atoms with van der Waals surface area (Å²) in [4.78, 5) is 24.2. The lowest BCUT2D eigenvalue weighted by Crippen LogP contribution is -2.44. The molecule has 1 N–H and O–H groups in total. The number of anilines is 2. The van der Waals surface area contributed by atoms with Crippen molar-refractivity contribution in [3.05, 3.63) is 47.3 Å². The summed E-state index contributed by atoms with van der Waals surface area (Å²) in [5, 5.41) is 11.8. The third kappa shape index (κ3) is 6.02. The van der Waals surface area contributed by atoms with E-state index in [0.29, 0.717) is 56.9 Å². The Morgan fingerprint density at radius 3 is 2.46 bits per heavy atom. The van der Waals surface area contributed by atoms with Crippen LogP contribution in [0.1, 0.15) is 49.6 Å². The van der Waals surface area contributed by atoms with Gasteiger partial charge in [0.05, 0.1) is 11.6 Å². The van der Waals surface area contributed by atoms with E-state index in [1.165, 1.54) is 0 Å². The highest BCUT2D eigenvalue weighted by Crippen LogP contribution is 2.33. The van der Waals surface area contributed by atoms with Crippen LogP contribution in [0.25, 0.3) is 0 Å². The molecule has 2 aliphatic rings. The molecule has 7 nitrogen and oxygen atoms in total. The van der Waals surface area contributed by atoms with Gasteiger partial charge in [0, 0.05) is 32.2 Å². The molecule has 2 saturated heterocycles. The number of aromatic nitrogens is 2. The summed E-state index contributed by atoms with van der Waals surface area (Å²) in [5.41, 5.74) is 1.56. The van der Waals surface area contributed by atoms with E-state index in [1.54, 1.807) is 23.1 Å². The van der Waals surface area contributed by atoms with Gasteiger partial charge in [-0.1, -0.05) is 19.1 Å². The summed E-state index contributed by atoms with van der Waals surface area (Å²) in [6, 6.07) is 10.2. The summed E-state index contributed by atoms with van der Waals surface area (Å²) in [5.74, 6) is -0.454. The molecular formula is C25H29F3N6O. The van der Waals surface area contributed by atoms with Crippen LogP contribution in [-0.4, -0.2) is 48.1 Å². The zero-order chi connectivity index (χ0) is 25.0. The molecule has 3 heterocycles. The molecule has 35 heavy (non-hydrogen) atoms. The van der Waals surface area contributed by atoms with Gasteiger partial charge in [0.15, 0.2) is 0 Å². The molecule has 2 aromatic rings. The molecule has 2 aliphatic heterocycles. The van der Waals surface area contributed by atoms with Crippen molar-refractivity contribution in [1.82, 2.24) is 15.3 Å². The van der Waals surface area contributed by atoms with Gasteiger partial charge in [-0.2, -0.15) is 18.4 Å². The monoisotopic (exact) mass is 486 g/mol. The van der Waals surface area contributed by atoms with Gasteiger partial charge in [-0.25, -0.2) is 9.97 Å². The number of benzene rings is 1. The molecule has 1 aromatic carbocycles. The number of hydrogen-bond donors (Lipinski definition) is 1. The Balaban J connectivity index is 1.47. The highest BCUT2D eigenvalue weighted by Gasteiger charge is 2.38. The molecule has 1 atom stereocenters. The van der Waals surface area contributed by atoms with E-state index >= 15 is 0 Å². The normalized spacial score (nSPS) is 19.0. The Morgan fingerprint density at radius 1 is 1.11 bits per heavy atom. The molecular weight excluding hydrogens is 457 g/mol. The number of rotatable bonds is 6. The molecule has 1 unspecified atom stereocenters. The van der Waals surface area contributed by atoms with Crippen molar-refractivity contribution < 1.29 is 18.0 Å². The lowest BCUT2D eigenvalue weighted by Gasteiger charge is -2.32. The number of alkyl halides is 3. The van der Waals surface area contributed by atoms with Crippen molar-refractivity contribution in [3.8, 4) is 6.07 Å². The summed E-state index contributed by atoms with van der Waals surface area (Å²) >= 11 is 0. The lowest BCUT2D eigenvalue weighted by atomic mass is 9.99. The van der Waals surface area contributed by atoms with E-state index in [1.807, 2.05) is 17.0 Å². The number of nitrogens with one attached hydrogen (secondary N) is 1. The Kier molecular flexibility index (Phi) is 7.43. The Hall–Kier alpha value is -3.35. The van der Waals surface area contributed by atoms with Crippen LogP contribution in [0, 0.1) is 17.2 Å². The SMILES string of the molecule is CC1CCN(c2cc(N3CCCC3C(=O)NCCc3ccc(C#N)cc3)nc(C(F)(F)F)n2)CC1. The molecule has 4 rings (SSSR count). The number of carbonyl (C=O) groups is 1. The first-order chi connectivity index (χ1) is 16.7. The zero-order valence-corrected chi connectivity index (χ0v) is 19.7. The minimum atomic E-state index is -4.67. The van der Waals surface area contributed by atoms with Crippen LogP contribution in [0.3, 0.4) is 0 Å². The molecule has 2 fully saturated rings. The first-order valence-corrected chi connectivity index (χ1v) is 12.0. The second-order valence-corrected chi connectivity index (χ2v) is 9.28. The molecule has 1 aromatic heterocycles. The van der Waals surface area contributed by atoms with Gasteiger partial charge < -0.3 is 15.1 Å². The van der Waals surface area contributed by atoms with Crippen molar-refractivity contribution in [2.24, 2.45) is 5.92 Å². The minimum Gasteiger partial charge on any atom is -0.356 e. The van der Waals surface area contributed by atoms with Gasteiger partial charge in [-0.05, 0) is 55.7 Å². The van der Waals surface area contributed by atoms with E-state index in [-0.39, 0.29) is 17.5 Å². The number of amides is 1. The standard InChI is InChI=1S/C25H29F3N6O/c1-17-9-13-33(14-10-17)21-15-22(32-24(31-21)25(26,27)28)34-12-2-3-20(34)23(35)30-11-8-18-4-6-19(16-29)7-5-18/h4-7,15,17,20H,2-3,8-14H2,1H3,(H,30,35). The summed E-state index contributed by atoms with van der Waals surface area (Å²) in [6.07, 6.45) is -1.05. The fourth-order valence-electron chi connectivity index (χ4n) is 4.60. The van der Waals surface area contributed by atoms with Crippen molar-refractivity contribution in [1.29, 1.82) is 5.26 Å². The first-order valence-electron chi connectivity index (χ1n) is 12.0. The van der Waals surface area contributed by atoms with Crippen molar-refractivity contribution in [2.45, 2.75) is 51.2 Å². The molecule has 1 amide bonds. The molecule has 0 spiro atoms. The van der Waals surface area contributed by atoms with E-state index in [9.17, 15) is 18.0 Å². The summed E-state index contributed by atoms with van der Waals surface area (Å²) < 4.78 is 40.9. The van der Waals surface area contributed by atoms with Crippen LogP contribution >= 0.6 is 0 Å². The van der Waals surface area contributed by atoms with Gasteiger partial charge in [-0.15, -0.1) is 0 Å². The average molecular weight is 487 g/mol. The van der Waals surface area contributed by atoms with Gasteiger partial charge in [-0.3, -0.25) is 4.79 Å². The van der Waals surface area contributed by atoms with Gasteiger partial charge in [0.2, 0.25) is 11.7 Å². The Morgan fingerprint density at radius 2 is 1.80 bits per heavy atom. The molecule has 10 heteroatoms. The highest BCUT2D eigenvalue weighted by atomic mass is 19.4. The van der Waals surface area contributed by atoms with Crippen LogP contribution < -0.4 is 15.1 Å². The van der Waals surface area contributed by atoms with E-state index in [0.717, 1.165) is 18.4 Å². The van der Waals surface area contributed by atoms with Gasteiger partial charge >= 0.3 is 6.18 Å². The van der Waals surface area contributed by atoms with E-state index in [4.69, 9.17) is 5.26 Å². The smallest absolute Gasteiger partial charge is 0.356 e. The topological polar surface area (TPSA) is 85.1 Å². The highest BCUT2D eigenvalue weighted by molar-refractivity contribution is 5.85. The maximum atomic E-state index is 13.6. The number of hydrogen-bond acceptors (Lipinski definition) is 6. The van der Waals surface area contributed by atoms with Crippen molar-refractivity contribution >= 4 is 17.5 Å². The summed E-state index contributed by atoms with van der Waals surface area (Å²) in [6.45, 7) is 4.28. The number of halogens is 3. The number of carbonyl (C=O) groups excluding carboxylic acids is 1. The van der Waals surface area contributed by atoms with Gasteiger partial charge in [0.1, 0.15) is 17.7 Å². The second-order valence-electron chi connectivity index (χ2n) is 9.28. The third-order valence-electron chi connectivity index (χ3n) is 6.71. The first kappa shape index (κ1) is 24.8. The van der Waals surface area contributed by atoms with Crippen LogP contribution in [-0.2, 0) is 17.4 Å². The molecule has 0 saturated carbocycles. The zero-order valence-electron chi connectivity index (χ0n) is 19.7. The number of nitriles is 1. The van der Waals surface area contributed by atoms with Gasteiger partial charge in [0.25, 0.3) is 0 Å². The predicted octanol–water partition coefficient (Wildman–Crippen LogP) is 3.93. The fraction of sp³-hybridized carbons (Fsp3) is 0.520. The molecule has 186 valence electrons. The lowest BCUT2D eigenvalue weighted by molar-refractivity contribution is -0.144. The van der Waals surface area contributed by atoms with Crippen LogP contribution in [0.15, 0.2) is 30.3 Å². The van der Waals surface area contributed by atoms with Crippen LogP contribution in [0.5, 0.6) is 0 Å². The number of nitrogens with zero attached hydrogens (tertiary/aromatic N) is 5.